The van der Waals surface area contributed by atoms with Gasteiger partial charge in [0.25, 0.3) is 5.91 Å². The highest BCUT2D eigenvalue weighted by atomic mass is 16.5. The van der Waals surface area contributed by atoms with Crippen LogP contribution in [0.15, 0.2) is 0 Å². The molecule has 2 saturated heterocycles. The van der Waals surface area contributed by atoms with Gasteiger partial charge in [0.15, 0.2) is 0 Å². The van der Waals surface area contributed by atoms with E-state index in [0.29, 0.717) is 44.8 Å². The monoisotopic (exact) mass is 392 g/mol. The molecule has 1 aromatic heterocycles. The molecule has 0 spiro atoms. The highest BCUT2D eigenvalue weighted by Gasteiger charge is 2.26. The maximum Gasteiger partial charge on any atom is 0.272 e. The number of ether oxygens (including phenoxy) is 2. The zero-order valence-corrected chi connectivity index (χ0v) is 17.0. The number of nitrogens with zero attached hydrogens (tertiary/aromatic N) is 2. The summed E-state index contributed by atoms with van der Waals surface area (Å²) in [6.45, 7) is 6.51. The maximum atomic E-state index is 12.7. The maximum absolute atomic E-state index is 12.7. The second kappa shape index (κ2) is 10.0. The van der Waals surface area contributed by atoms with Crippen LogP contribution < -0.4 is 5.32 Å². The molecule has 3 heterocycles. The van der Waals surface area contributed by atoms with Gasteiger partial charge in [-0.3, -0.25) is 9.59 Å². The first-order chi connectivity index (χ1) is 13.6. The van der Waals surface area contributed by atoms with Crippen LogP contribution in [0.25, 0.3) is 0 Å². The fourth-order valence-electron chi connectivity index (χ4n) is 3.84. The molecule has 0 radical (unpaired) electrons. The molecule has 0 aliphatic carbocycles. The number of carbonyl (C=O) groups excluding carboxylic acids is 2. The van der Waals surface area contributed by atoms with Crippen LogP contribution in [0.5, 0.6) is 0 Å². The summed E-state index contributed by atoms with van der Waals surface area (Å²) < 4.78 is 11.3. The van der Waals surface area contributed by atoms with Crippen molar-refractivity contribution in [2.75, 3.05) is 32.9 Å². The topological polar surface area (TPSA) is 96.5 Å². The number of H-pyrrole nitrogens is 1. The number of nitrogens with one attached hydrogen (secondary N) is 2. The van der Waals surface area contributed by atoms with Crippen LogP contribution in [0.4, 0.5) is 0 Å². The number of aryl methyl sites for hydroxylation is 2. The molecule has 2 unspecified atom stereocenters. The quantitative estimate of drug-likeness (QED) is 0.766. The summed E-state index contributed by atoms with van der Waals surface area (Å²) >= 11 is 0. The van der Waals surface area contributed by atoms with Gasteiger partial charge in [0.1, 0.15) is 11.5 Å². The van der Waals surface area contributed by atoms with E-state index in [0.717, 1.165) is 37.4 Å². The van der Waals surface area contributed by atoms with Crippen molar-refractivity contribution < 1.29 is 19.1 Å². The molecule has 2 aliphatic rings. The van der Waals surface area contributed by atoms with Crippen molar-refractivity contribution >= 4 is 11.8 Å². The van der Waals surface area contributed by atoms with E-state index in [1.807, 2.05) is 13.8 Å². The predicted molar refractivity (Wildman–Crippen MR) is 104 cm³/mol. The van der Waals surface area contributed by atoms with Crippen LogP contribution in [0.3, 0.4) is 0 Å². The molecular weight excluding hydrogens is 360 g/mol. The molecule has 2 aliphatic heterocycles. The lowest BCUT2D eigenvalue weighted by atomic mass is 10.0. The van der Waals surface area contributed by atoms with Gasteiger partial charge in [-0.25, -0.2) is 4.98 Å². The van der Waals surface area contributed by atoms with E-state index in [1.54, 1.807) is 4.90 Å². The Balaban J connectivity index is 1.53. The van der Waals surface area contributed by atoms with Crippen LogP contribution in [-0.4, -0.2) is 71.7 Å². The van der Waals surface area contributed by atoms with Gasteiger partial charge in [0, 0.05) is 31.8 Å². The Morgan fingerprint density at radius 3 is 2.93 bits per heavy atom. The number of rotatable bonds is 6. The first-order valence-electron chi connectivity index (χ1n) is 10.4. The Morgan fingerprint density at radius 2 is 2.18 bits per heavy atom. The fraction of sp³-hybridized carbons (Fsp3) is 0.750. The van der Waals surface area contributed by atoms with E-state index >= 15 is 0 Å². The molecule has 0 bridgehead atoms. The number of hydrogen-bond acceptors (Lipinski definition) is 5. The van der Waals surface area contributed by atoms with Crippen molar-refractivity contribution in [3.63, 3.8) is 0 Å². The minimum Gasteiger partial charge on any atom is -0.378 e. The van der Waals surface area contributed by atoms with Gasteiger partial charge in [-0.2, -0.15) is 0 Å². The van der Waals surface area contributed by atoms with E-state index in [-0.39, 0.29) is 24.0 Å². The van der Waals surface area contributed by atoms with Crippen LogP contribution in [0.1, 0.15) is 61.0 Å². The Kier molecular flexibility index (Phi) is 7.44. The Labute approximate surface area is 166 Å². The molecule has 8 nitrogen and oxygen atoms in total. The van der Waals surface area contributed by atoms with E-state index in [9.17, 15) is 9.59 Å². The summed E-state index contributed by atoms with van der Waals surface area (Å²) in [5.41, 5.74) is 1.25. The number of imidazole rings is 1. The van der Waals surface area contributed by atoms with Crippen molar-refractivity contribution in [2.24, 2.45) is 0 Å². The van der Waals surface area contributed by atoms with Gasteiger partial charge >= 0.3 is 0 Å². The van der Waals surface area contributed by atoms with Gasteiger partial charge in [-0.1, -0.05) is 6.92 Å². The van der Waals surface area contributed by atoms with E-state index in [1.165, 1.54) is 6.42 Å². The fourth-order valence-corrected chi connectivity index (χ4v) is 3.84. The van der Waals surface area contributed by atoms with Gasteiger partial charge in [-0.15, -0.1) is 0 Å². The molecule has 28 heavy (non-hydrogen) atoms. The van der Waals surface area contributed by atoms with Gasteiger partial charge in [0.2, 0.25) is 5.91 Å². The third kappa shape index (κ3) is 5.54. The van der Waals surface area contributed by atoms with Crippen molar-refractivity contribution in [1.29, 1.82) is 0 Å². The molecule has 2 fully saturated rings. The van der Waals surface area contributed by atoms with Crippen molar-refractivity contribution in [3.05, 3.63) is 17.2 Å². The molecule has 8 heteroatoms. The first kappa shape index (κ1) is 20.8. The molecule has 0 saturated carbocycles. The van der Waals surface area contributed by atoms with E-state index in [2.05, 4.69) is 15.3 Å². The van der Waals surface area contributed by atoms with Gasteiger partial charge < -0.3 is 24.7 Å². The number of hydrogen-bond donors (Lipinski definition) is 2. The Morgan fingerprint density at radius 1 is 1.32 bits per heavy atom. The molecule has 2 amide bonds. The largest absolute Gasteiger partial charge is 0.378 e. The smallest absolute Gasteiger partial charge is 0.272 e. The van der Waals surface area contributed by atoms with E-state index in [4.69, 9.17) is 9.47 Å². The average Bonchev–Trinajstić information content (AvgIpc) is 2.94. The number of carbonyl (C=O) groups is 2. The van der Waals surface area contributed by atoms with Crippen molar-refractivity contribution in [2.45, 2.75) is 64.5 Å². The summed E-state index contributed by atoms with van der Waals surface area (Å²) in [6.07, 6.45) is 5.48. The number of aromatic amines is 1. The lowest BCUT2D eigenvalue weighted by Gasteiger charge is -2.26. The third-order valence-electron chi connectivity index (χ3n) is 5.37. The van der Waals surface area contributed by atoms with Crippen LogP contribution >= 0.6 is 0 Å². The molecule has 1 aromatic rings. The second-order valence-electron chi connectivity index (χ2n) is 7.62. The lowest BCUT2D eigenvalue weighted by Crippen LogP contribution is -2.46. The molecular formula is C20H32N4O4. The third-order valence-corrected chi connectivity index (χ3v) is 5.37. The molecule has 2 atom stereocenters. The lowest BCUT2D eigenvalue weighted by molar-refractivity contribution is -0.132. The van der Waals surface area contributed by atoms with Gasteiger partial charge in [0.05, 0.1) is 25.4 Å². The van der Waals surface area contributed by atoms with Crippen molar-refractivity contribution in [3.8, 4) is 0 Å². The normalized spacial score (nSPS) is 23.3. The molecule has 2 N–H and O–H groups in total. The van der Waals surface area contributed by atoms with Crippen molar-refractivity contribution in [1.82, 2.24) is 20.2 Å². The summed E-state index contributed by atoms with van der Waals surface area (Å²) in [6, 6.07) is -0.244. The molecule has 3 rings (SSSR count). The minimum atomic E-state index is -0.244. The first-order valence-corrected chi connectivity index (χ1v) is 10.4. The Hall–Kier alpha value is -1.93. The molecule has 0 aromatic carbocycles. The van der Waals surface area contributed by atoms with Crippen LogP contribution in [0, 0.1) is 6.92 Å². The number of aromatic nitrogens is 2. The predicted octanol–water partition coefficient (Wildman–Crippen LogP) is 1.59. The minimum absolute atomic E-state index is 0.101. The Bertz CT molecular complexity index is 669. The highest BCUT2D eigenvalue weighted by molar-refractivity contribution is 5.93. The van der Waals surface area contributed by atoms with Crippen LogP contribution in [-0.2, 0) is 20.7 Å². The number of amides is 2. The summed E-state index contributed by atoms with van der Waals surface area (Å²) in [5.74, 6) is 0.601. The highest BCUT2D eigenvalue weighted by Crippen LogP contribution is 2.18. The standard InChI is InChI=1S/C20H32N4O4/c1-3-17-19(22-14(2)21-17)20(26)23-15-12-24(9-11-27-13-15)18(25)8-7-16-6-4-5-10-28-16/h15-16H,3-13H2,1-2H3,(H,21,22)(H,23,26). The SMILES string of the molecule is CCc1[nH]c(C)nc1C(=O)NC1COCCN(C(=O)CCC2CCCCO2)C1. The van der Waals surface area contributed by atoms with Gasteiger partial charge in [-0.05, 0) is 39.0 Å². The van der Waals surface area contributed by atoms with Crippen LogP contribution in [0.2, 0.25) is 0 Å². The average molecular weight is 393 g/mol. The zero-order valence-electron chi connectivity index (χ0n) is 17.0. The second-order valence-corrected chi connectivity index (χ2v) is 7.62. The summed E-state index contributed by atoms with van der Waals surface area (Å²) in [7, 11) is 0. The summed E-state index contributed by atoms with van der Waals surface area (Å²) in [5, 5.41) is 2.99. The zero-order chi connectivity index (χ0) is 19.9. The summed E-state index contributed by atoms with van der Waals surface area (Å²) in [4.78, 5) is 34.6. The van der Waals surface area contributed by atoms with E-state index < -0.39 is 0 Å². The molecule has 156 valence electrons.